The molecule has 16 nitrogen and oxygen atoms in total. The van der Waals surface area contributed by atoms with Gasteiger partial charge < -0.3 is 39.5 Å². The molecule has 1 unspecified atom stereocenters. The van der Waals surface area contributed by atoms with Gasteiger partial charge in [-0.1, -0.05) is 19.3 Å². The zero-order valence-electron chi connectivity index (χ0n) is 24.5. The highest BCUT2D eigenvalue weighted by molar-refractivity contribution is 7.85. The van der Waals surface area contributed by atoms with Crippen LogP contribution in [0, 0.1) is 0 Å². The van der Waals surface area contributed by atoms with Crippen molar-refractivity contribution in [3.05, 3.63) is 32.6 Å². The van der Waals surface area contributed by atoms with Crippen LogP contribution in [0.4, 0.5) is 0 Å². The molecule has 3 heterocycles. The van der Waals surface area contributed by atoms with Crippen LogP contribution in [0.3, 0.4) is 0 Å². The van der Waals surface area contributed by atoms with Crippen LogP contribution < -0.4 is 16.6 Å². The van der Waals surface area contributed by atoms with Crippen molar-refractivity contribution in [1.29, 1.82) is 0 Å². The van der Waals surface area contributed by atoms with E-state index < -0.39 is 58.3 Å². The van der Waals surface area contributed by atoms with Crippen LogP contribution in [0.15, 0.2) is 20.8 Å². The van der Waals surface area contributed by atoms with Gasteiger partial charge in [-0.05, 0) is 12.8 Å². The van der Waals surface area contributed by atoms with Crippen LogP contribution in [-0.4, -0.2) is 143 Å². The fraction of sp³-hybridized carbons (Fsp3) is 0.808. The molecule has 4 rings (SSSR count). The lowest BCUT2D eigenvalue weighted by Crippen LogP contribution is -2.53. The highest BCUT2D eigenvalue weighted by Crippen LogP contribution is 2.28. The van der Waals surface area contributed by atoms with Crippen LogP contribution >= 0.6 is 0 Å². The van der Waals surface area contributed by atoms with Crippen molar-refractivity contribution in [2.24, 2.45) is 4.99 Å². The monoisotopic (exact) mass is 633 g/mol. The summed E-state index contributed by atoms with van der Waals surface area (Å²) in [6, 6.07) is 0.0834. The van der Waals surface area contributed by atoms with E-state index in [1.807, 2.05) is 0 Å². The predicted octanol–water partition coefficient (Wildman–Crippen LogP) is -2.41. The molecule has 6 N–H and O–H groups in total. The molecule has 0 bridgehead atoms. The zero-order chi connectivity index (χ0) is 31.2. The van der Waals surface area contributed by atoms with E-state index in [4.69, 9.17) is 14.5 Å². The van der Waals surface area contributed by atoms with Gasteiger partial charge in [-0.25, -0.2) is 9.79 Å². The first kappa shape index (κ1) is 33.5. The van der Waals surface area contributed by atoms with Crippen molar-refractivity contribution in [2.45, 2.75) is 69.2 Å². The number of hydrogen-bond donors (Lipinski definition) is 6. The number of morpholine rings is 1. The van der Waals surface area contributed by atoms with Gasteiger partial charge >= 0.3 is 5.69 Å². The molecule has 17 heteroatoms. The zero-order valence-corrected chi connectivity index (χ0v) is 25.3. The average Bonchev–Trinajstić information content (AvgIpc) is 3.25. The smallest absolute Gasteiger partial charge is 0.330 e. The Morgan fingerprint density at radius 2 is 1.88 bits per heavy atom. The second-order valence-electron chi connectivity index (χ2n) is 11.8. The largest absolute Gasteiger partial charge is 0.394 e. The van der Waals surface area contributed by atoms with Gasteiger partial charge in [-0.3, -0.25) is 18.9 Å². The number of aliphatic hydroxyl groups is 3. The summed E-state index contributed by atoms with van der Waals surface area (Å²) in [6.45, 7) is 3.11. The van der Waals surface area contributed by atoms with Crippen molar-refractivity contribution in [3.63, 3.8) is 0 Å². The molecule has 43 heavy (non-hydrogen) atoms. The highest BCUT2D eigenvalue weighted by atomic mass is 32.2. The third kappa shape index (κ3) is 9.07. The Bertz CT molecular complexity index is 1320. The van der Waals surface area contributed by atoms with Crippen molar-refractivity contribution in [1.82, 2.24) is 19.8 Å². The molecule has 244 valence electrons. The molecule has 3 aliphatic rings. The Hall–Kier alpha value is -2.38. The highest BCUT2D eigenvalue weighted by Gasteiger charge is 2.44. The number of guanidine groups is 1. The van der Waals surface area contributed by atoms with Crippen molar-refractivity contribution in [3.8, 4) is 0 Å². The van der Waals surface area contributed by atoms with E-state index in [0.29, 0.717) is 32.3 Å². The molecule has 0 aromatic carbocycles. The molecule has 0 radical (unpaired) electrons. The molecule has 4 atom stereocenters. The van der Waals surface area contributed by atoms with Crippen LogP contribution in [-0.2, 0) is 26.1 Å². The first-order chi connectivity index (χ1) is 20.4. The second kappa shape index (κ2) is 14.6. The second-order valence-corrected chi connectivity index (χ2v) is 13.4. The molecule has 2 aliphatic heterocycles. The van der Waals surface area contributed by atoms with Gasteiger partial charge in [0.15, 0.2) is 12.2 Å². The molecule has 1 aromatic heterocycles. The normalized spacial score (nSPS) is 26.9. The molecule has 2 saturated heterocycles. The number of likely N-dealkylation sites (N-methyl/N-ethyl adjacent to an activating group) is 1. The average molecular weight is 634 g/mol. The summed E-state index contributed by atoms with van der Waals surface area (Å²) in [6.07, 6.45) is 0.611. The molecule has 0 amide bonds. The van der Waals surface area contributed by atoms with E-state index in [0.717, 1.165) is 54.2 Å². The van der Waals surface area contributed by atoms with Gasteiger partial charge in [-0.15, -0.1) is 0 Å². The number of ether oxygens (including phenoxy) is 2. The minimum Gasteiger partial charge on any atom is -0.394 e. The molecule has 3 fully saturated rings. The van der Waals surface area contributed by atoms with E-state index >= 15 is 0 Å². The van der Waals surface area contributed by atoms with E-state index in [-0.39, 0.29) is 24.7 Å². The van der Waals surface area contributed by atoms with Gasteiger partial charge in [0, 0.05) is 18.8 Å². The Morgan fingerprint density at radius 3 is 2.51 bits per heavy atom. The number of nitrogens with one attached hydrogen (secondary N) is 2. The predicted molar refractivity (Wildman–Crippen MR) is 155 cm³/mol. The van der Waals surface area contributed by atoms with Gasteiger partial charge in [-0.2, -0.15) is 8.42 Å². The summed E-state index contributed by atoms with van der Waals surface area (Å²) in [5.74, 6) is -0.254. The van der Waals surface area contributed by atoms with Gasteiger partial charge in [0.25, 0.3) is 15.7 Å². The Kier molecular flexibility index (Phi) is 11.4. The van der Waals surface area contributed by atoms with E-state index in [1.165, 1.54) is 6.20 Å². The lowest BCUT2D eigenvalue weighted by atomic mass is 9.96. The van der Waals surface area contributed by atoms with Crippen molar-refractivity contribution in [2.75, 3.05) is 65.3 Å². The Labute approximate surface area is 250 Å². The van der Waals surface area contributed by atoms with Crippen LogP contribution in [0.25, 0.3) is 0 Å². The third-order valence-electron chi connectivity index (χ3n) is 8.50. The van der Waals surface area contributed by atoms with Gasteiger partial charge in [0.05, 0.1) is 57.8 Å². The SMILES string of the molecule is C[N+]1(CCN=C(NC2CCCCC2)N(CCS(=O)(=O)O)Cc2cn([C@@H]3O[C@H](CO)[C@H](O)C3O)c(=O)[nH]c2=O)CCOCC1. The molecule has 1 aliphatic carbocycles. The topological polar surface area (TPSA) is 216 Å². The summed E-state index contributed by atoms with van der Waals surface area (Å²) < 4.78 is 45.8. The Morgan fingerprint density at radius 1 is 1.19 bits per heavy atom. The summed E-state index contributed by atoms with van der Waals surface area (Å²) in [7, 11) is -2.25. The van der Waals surface area contributed by atoms with Crippen LogP contribution in [0.1, 0.15) is 43.9 Å². The third-order valence-corrected chi connectivity index (χ3v) is 9.20. The molecule has 1 aromatic rings. The molecular weight excluding hydrogens is 588 g/mol. The van der Waals surface area contributed by atoms with E-state index in [2.05, 4.69) is 17.3 Å². The molecular formula is C26H45N6O10S+. The van der Waals surface area contributed by atoms with Crippen molar-refractivity contribution < 1.29 is 42.2 Å². The number of H-pyrrole nitrogens is 1. The number of aromatic amines is 1. The minimum atomic E-state index is -4.37. The first-order valence-corrected chi connectivity index (χ1v) is 16.4. The van der Waals surface area contributed by atoms with E-state index in [9.17, 15) is 37.9 Å². The lowest BCUT2D eigenvalue weighted by Gasteiger charge is -2.37. The maximum absolute atomic E-state index is 13.0. The minimum absolute atomic E-state index is 0.0259. The summed E-state index contributed by atoms with van der Waals surface area (Å²) in [5.41, 5.74) is -1.61. The number of aliphatic hydroxyl groups excluding tert-OH is 3. The van der Waals surface area contributed by atoms with Crippen LogP contribution in [0.5, 0.6) is 0 Å². The molecule has 0 spiro atoms. The number of nitrogens with zero attached hydrogens (tertiary/aromatic N) is 4. The quantitative estimate of drug-likeness (QED) is 0.0651. The number of hydrogen-bond acceptors (Lipinski definition) is 10. The Balaban J connectivity index is 1.65. The van der Waals surface area contributed by atoms with E-state index in [1.54, 1.807) is 4.90 Å². The fourth-order valence-electron chi connectivity index (χ4n) is 5.70. The van der Waals surface area contributed by atoms with Crippen LogP contribution in [0.2, 0.25) is 0 Å². The lowest BCUT2D eigenvalue weighted by molar-refractivity contribution is -0.915. The number of aliphatic imine (C=N–C) groups is 1. The number of rotatable bonds is 11. The first-order valence-electron chi connectivity index (χ1n) is 14.8. The van der Waals surface area contributed by atoms with Gasteiger partial charge in [0.2, 0.25) is 0 Å². The van der Waals surface area contributed by atoms with Gasteiger partial charge in [0.1, 0.15) is 31.4 Å². The maximum Gasteiger partial charge on any atom is 0.330 e. The summed E-state index contributed by atoms with van der Waals surface area (Å²) in [5, 5.41) is 33.5. The number of quaternary nitrogens is 1. The molecule has 1 saturated carbocycles. The number of aromatic nitrogens is 2. The fourth-order valence-corrected chi connectivity index (χ4v) is 6.15. The van der Waals surface area contributed by atoms with Crippen molar-refractivity contribution >= 4 is 16.1 Å². The maximum atomic E-state index is 13.0. The standard InChI is InChI=1S/C26H44N6O10S/c1-32(10-12-41-13-11-32)9-7-27-25(28-19-5-3-2-4-6-19)30(8-14-43(38,39)40)15-18-16-31(26(37)29-23(18)36)24-22(35)21(34)20(17-33)42-24/h16,19-22,24,33-35H,2-15,17H2,1H3,(H2-,27,28,29,36,37,38,39,40)/p+1/t20-,21+,22?,24-/m1/s1. The summed E-state index contributed by atoms with van der Waals surface area (Å²) >= 11 is 0. The summed E-state index contributed by atoms with van der Waals surface area (Å²) in [4.78, 5) is 34.2.